The van der Waals surface area contributed by atoms with Crippen LogP contribution in [-0.4, -0.2) is 26.0 Å². The fraction of sp³-hybridized carbons (Fsp3) is 0.300. The zero-order valence-corrected chi connectivity index (χ0v) is 15.9. The molecule has 0 radical (unpaired) electrons. The lowest BCUT2D eigenvalue weighted by Crippen LogP contribution is -2.27. The Kier molecular flexibility index (Phi) is 5.86. The number of carbonyl (C=O) groups excluding carboxylic acids is 2. The van der Waals surface area contributed by atoms with Gasteiger partial charge in [-0.3, -0.25) is 9.59 Å². The molecule has 2 aromatic rings. The van der Waals surface area contributed by atoms with Crippen molar-refractivity contribution in [3.8, 4) is 11.5 Å². The van der Waals surface area contributed by atoms with Crippen LogP contribution in [-0.2, 0) is 16.1 Å². The predicted octanol–water partition coefficient (Wildman–Crippen LogP) is 3.25. The number of hydrogen-bond acceptors (Lipinski definition) is 4. The Morgan fingerprint density at radius 2 is 1.74 bits per heavy atom. The maximum atomic E-state index is 12.3. The van der Waals surface area contributed by atoms with Crippen LogP contribution in [0.1, 0.15) is 12.0 Å². The maximum absolute atomic E-state index is 12.3. The summed E-state index contributed by atoms with van der Waals surface area (Å²) in [6.45, 7) is 0.363. The molecule has 2 amide bonds. The second-order valence-corrected chi connectivity index (χ2v) is 6.72. The Labute approximate surface area is 162 Å². The van der Waals surface area contributed by atoms with Crippen LogP contribution in [0.4, 0.5) is 5.69 Å². The quantitative estimate of drug-likeness (QED) is 0.763. The SMILES string of the molecule is COc1ccc(NC(=O)C2CC2C(=O)NCc2ccccc2OC)cc1Cl. The second kappa shape index (κ2) is 8.31. The highest BCUT2D eigenvalue weighted by atomic mass is 35.5. The van der Waals surface area contributed by atoms with Crippen molar-refractivity contribution >= 4 is 29.1 Å². The molecule has 1 saturated carbocycles. The van der Waals surface area contributed by atoms with Gasteiger partial charge in [0.2, 0.25) is 11.8 Å². The highest BCUT2D eigenvalue weighted by molar-refractivity contribution is 6.32. The second-order valence-electron chi connectivity index (χ2n) is 6.32. The topological polar surface area (TPSA) is 76.7 Å². The number of anilines is 1. The molecule has 2 N–H and O–H groups in total. The summed E-state index contributed by atoms with van der Waals surface area (Å²) in [7, 11) is 3.12. The normalized spacial score (nSPS) is 17.7. The molecule has 0 aromatic heterocycles. The van der Waals surface area contributed by atoms with Crippen molar-refractivity contribution in [3.63, 3.8) is 0 Å². The van der Waals surface area contributed by atoms with Crippen molar-refractivity contribution < 1.29 is 19.1 Å². The number of carbonyl (C=O) groups is 2. The van der Waals surface area contributed by atoms with Crippen molar-refractivity contribution in [2.45, 2.75) is 13.0 Å². The Balaban J connectivity index is 1.51. The first-order valence-corrected chi connectivity index (χ1v) is 8.95. The van der Waals surface area contributed by atoms with Gasteiger partial charge in [-0.2, -0.15) is 0 Å². The molecule has 1 aliphatic carbocycles. The molecule has 7 heteroatoms. The smallest absolute Gasteiger partial charge is 0.228 e. The highest BCUT2D eigenvalue weighted by Crippen LogP contribution is 2.40. The van der Waals surface area contributed by atoms with Gasteiger partial charge >= 0.3 is 0 Å². The number of ether oxygens (including phenoxy) is 2. The Bertz CT molecular complexity index is 856. The van der Waals surface area contributed by atoms with Crippen LogP contribution in [0.3, 0.4) is 0 Å². The standard InChI is InChI=1S/C20H21ClN2O4/c1-26-17-6-4-3-5-12(17)11-22-19(24)14-10-15(14)20(25)23-13-7-8-18(27-2)16(21)9-13/h3-9,14-15H,10-11H2,1-2H3,(H,22,24)(H,23,25). The zero-order chi connectivity index (χ0) is 19.4. The van der Waals surface area contributed by atoms with Crippen molar-refractivity contribution in [2.75, 3.05) is 19.5 Å². The van der Waals surface area contributed by atoms with Crippen molar-refractivity contribution in [2.24, 2.45) is 11.8 Å². The van der Waals surface area contributed by atoms with E-state index in [0.29, 0.717) is 29.4 Å². The van der Waals surface area contributed by atoms with Crippen LogP contribution in [0.5, 0.6) is 11.5 Å². The summed E-state index contributed by atoms with van der Waals surface area (Å²) in [5.41, 5.74) is 1.47. The summed E-state index contributed by atoms with van der Waals surface area (Å²) in [6.07, 6.45) is 0.535. The van der Waals surface area contributed by atoms with Crippen LogP contribution in [0.25, 0.3) is 0 Å². The number of halogens is 1. The van der Waals surface area contributed by atoms with Crippen molar-refractivity contribution in [3.05, 3.63) is 53.1 Å². The Morgan fingerprint density at radius 1 is 1.04 bits per heavy atom. The lowest BCUT2D eigenvalue weighted by molar-refractivity contribution is -0.125. The number of amides is 2. The molecule has 0 aliphatic heterocycles. The van der Waals surface area contributed by atoms with Crippen LogP contribution in [0.15, 0.2) is 42.5 Å². The molecule has 0 bridgehead atoms. The minimum absolute atomic E-state index is 0.131. The van der Waals surface area contributed by atoms with Gasteiger partial charge in [0, 0.05) is 17.8 Å². The number of para-hydroxylation sites is 1. The van der Waals surface area contributed by atoms with Crippen LogP contribution in [0.2, 0.25) is 5.02 Å². The van der Waals surface area contributed by atoms with Gasteiger partial charge in [0.05, 0.1) is 31.1 Å². The highest BCUT2D eigenvalue weighted by Gasteiger charge is 2.47. The maximum Gasteiger partial charge on any atom is 0.228 e. The molecule has 6 nitrogen and oxygen atoms in total. The van der Waals surface area contributed by atoms with Gasteiger partial charge < -0.3 is 20.1 Å². The van der Waals surface area contributed by atoms with Gasteiger partial charge in [-0.05, 0) is 30.7 Å². The van der Waals surface area contributed by atoms with E-state index in [1.54, 1.807) is 25.3 Å². The van der Waals surface area contributed by atoms with Crippen LogP contribution < -0.4 is 20.1 Å². The average molecular weight is 389 g/mol. The number of nitrogens with one attached hydrogen (secondary N) is 2. The van der Waals surface area contributed by atoms with Gasteiger partial charge in [0.25, 0.3) is 0 Å². The minimum Gasteiger partial charge on any atom is -0.496 e. The average Bonchev–Trinajstić information content (AvgIpc) is 3.47. The van der Waals surface area contributed by atoms with Gasteiger partial charge in [-0.25, -0.2) is 0 Å². The number of hydrogen-bond donors (Lipinski definition) is 2. The molecular weight excluding hydrogens is 368 g/mol. The first-order chi connectivity index (χ1) is 13.0. The largest absolute Gasteiger partial charge is 0.496 e. The third-order valence-corrected chi connectivity index (χ3v) is 4.82. The van der Waals surface area contributed by atoms with E-state index >= 15 is 0 Å². The van der Waals surface area contributed by atoms with E-state index in [1.165, 1.54) is 7.11 Å². The lowest BCUT2D eigenvalue weighted by Gasteiger charge is -2.10. The summed E-state index contributed by atoms with van der Waals surface area (Å²) in [5.74, 6) is 0.299. The van der Waals surface area contributed by atoms with Crippen LogP contribution >= 0.6 is 11.6 Å². The summed E-state index contributed by atoms with van der Waals surface area (Å²) in [5, 5.41) is 6.08. The van der Waals surface area contributed by atoms with E-state index in [9.17, 15) is 9.59 Å². The summed E-state index contributed by atoms with van der Waals surface area (Å²) in [4.78, 5) is 24.7. The molecule has 1 fully saturated rings. The molecule has 2 unspecified atom stereocenters. The third kappa shape index (κ3) is 4.52. The molecule has 0 heterocycles. The van der Waals surface area contributed by atoms with Gasteiger partial charge in [0.1, 0.15) is 11.5 Å². The molecular formula is C20H21ClN2O4. The van der Waals surface area contributed by atoms with E-state index in [1.807, 2.05) is 24.3 Å². The molecule has 2 aromatic carbocycles. The fourth-order valence-corrected chi connectivity index (χ4v) is 3.17. The summed E-state index contributed by atoms with van der Waals surface area (Å²) in [6, 6.07) is 12.5. The van der Waals surface area contributed by atoms with E-state index < -0.39 is 0 Å². The van der Waals surface area contributed by atoms with E-state index in [2.05, 4.69) is 10.6 Å². The zero-order valence-electron chi connectivity index (χ0n) is 15.1. The number of rotatable bonds is 7. The molecule has 3 rings (SSSR count). The lowest BCUT2D eigenvalue weighted by atomic mass is 10.2. The van der Waals surface area contributed by atoms with Gasteiger partial charge in [-0.15, -0.1) is 0 Å². The first-order valence-electron chi connectivity index (χ1n) is 8.57. The molecule has 2 atom stereocenters. The molecule has 27 heavy (non-hydrogen) atoms. The summed E-state index contributed by atoms with van der Waals surface area (Å²) < 4.78 is 10.4. The van der Waals surface area contributed by atoms with Crippen molar-refractivity contribution in [1.82, 2.24) is 5.32 Å². The van der Waals surface area contributed by atoms with Crippen LogP contribution in [0, 0.1) is 11.8 Å². The first kappa shape index (κ1) is 19.0. The molecule has 0 spiro atoms. The monoisotopic (exact) mass is 388 g/mol. The van der Waals surface area contributed by atoms with Crippen molar-refractivity contribution in [1.29, 1.82) is 0 Å². The third-order valence-electron chi connectivity index (χ3n) is 4.53. The minimum atomic E-state index is -0.330. The Morgan fingerprint density at radius 3 is 2.44 bits per heavy atom. The Hall–Kier alpha value is -2.73. The van der Waals surface area contributed by atoms with E-state index in [4.69, 9.17) is 21.1 Å². The van der Waals surface area contributed by atoms with Gasteiger partial charge in [0.15, 0.2) is 0 Å². The molecule has 1 aliphatic rings. The molecule has 142 valence electrons. The molecule has 0 saturated heterocycles. The van der Waals surface area contributed by atoms with E-state index in [0.717, 1.165) is 11.3 Å². The van der Waals surface area contributed by atoms with Gasteiger partial charge in [-0.1, -0.05) is 29.8 Å². The number of methoxy groups -OCH3 is 2. The summed E-state index contributed by atoms with van der Waals surface area (Å²) >= 11 is 6.06. The predicted molar refractivity (Wildman–Crippen MR) is 103 cm³/mol. The van der Waals surface area contributed by atoms with E-state index in [-0.39, 0.29) is 23.7 Å². The number of benzene rings is 2. The fourth-order valence-electron chi connectivity index (χ4n) is 2.92.